The average molecular weight is 173 g/mol. The second kappa shape index (κ2) is 2.87. The summed E-state index contributed by atoms with van der Waals surface area (Å²) in [6, 6.07) is 0. The summed E-state index contributed by atoms with van der Waals surface area (Å²) >= 11 is 0. The van der Waals surface area contributed by atoms with Crippen LogP contribution in [0.1, 0.15) is 25.7 Å². The molecule has 0 aromatic carbocycles. The van der Waals surface area contributed by atoms with E-state index < -0.39 is 10.8 Å². The molecule has 3 heteroatoms. The van der Waals surface area contributed by atoms with E-state index in [9.17, 15) is 4.21 Å². The van der Waals surface area contributed by atoms with Gasteiger partial charge in [-0.15, -0.1) is 0 Å². The molecule has 0 aromatic heterocycles. The lowest BCUT2D eigenvalue weighted by Gasteiger charge is -2.32. The molecule has 1 spiro atoms. The van der Waals surface area contributed by atoms with E-state index in [1.807, 2.05) is 0 Å². The van der Waals surface area contributed by atoms with Crippen molar-refractivity contribution < 1.29 is 4.21 Å². The van der Waals surface area contributed by atoms with Crippen LogP contribution in [0.15, 0.2) is 0 Å². The lowest BCUT2D eigenvalue weighted by Crippen LogP contribution is -2.49. The van der Waals surface area contributed by atoms with Gasteiger partial charge in [0.25, 0.3) is 0 Å². The Bertz CT molecular complexity index is 175. The lowest BCUT2D eigenvalue weighted by molar-refractivity contribution is 0.499. The summed E-state index contributed by atoms with van der Waals surface area (Å²) in [6.45, 7) is 1.95. The molecule has 1 aliphatic carbocycles. The largest absolute Gasteiger partial charge is 0.314 e. The Morgan fingerprint density at radius 3 is 2.64 bits per heavy atom. The maximum Gasteiger partial charge on any atom is 0.0583 e. The highest BCUT2D eigenvalue weighted by molar-refractivity contribution is 7.86. The van der Waals surface area contributed by atoms with E-state index in [2.05, 4.69) is 5.32 Å². The summed E-state index contributed by atoms with van der Waals surface area (Å²) in [5, 5.41) is 3.35. The fourth-order valence-electron chi connectivity index (χ4n) is 2.20. The molecule has 2 aliphatic rings. The van der Waals surface area contributed by atoms with Crippen LogP contribution in [-0.2, 0) is 10.8 Å². The van der Waals surface area contributed by atoms with Gasteiger partial charge in [0.15, 0.2) is 0 Å². The topological polar surface area (TPSA) is 29.1 Å². The first-order valence-corrected chi connectivity index (χ1v) is 5.75. The Morgan fingerprint density at radius 2 is 2.00 bits per heavy atom. The molecular formula is C8H15NOS. The molecule has 1 saturated carbocycles. The SMILES string of the molecule is O=S1CCNCC12CCCC2. The van der Waals surface area contributed by atoms with Crippen LogP contribution in [0.3, 0.4) is 0 Å². The minimum absolute atomic E-state index is 0.193. The summed E-state index contributed by atoms with van der Waals surface area (Å²) in [4.78, 5) is 0. The van der Waals surface area contributed by atoms with Gasteiger partial charge in [-0.1, -0.05) is 12.8 Å². The Hall–Kier alpha value is 0.110. The first-order chi connectivity index (χ1) is 5.33. The van der Waals surface area contributed by atoms with Crippen molar-refractivity contribution >= 4 is 10.8 Å². The van der Waals surface area contributed by atoms with Crippen molar-refractivity contribution in [2.75, 3.05) is 18.8 Å². The van der Waals surface area contributed by atoms with Crippen LogP contribution in [0.25, 0.3) is 0 Å². The number of rotatable bonds is 0. The third-order valence-corrected chi connectivity index (χ3v) is 5.00. The minimum Gasteiger partial charge on any atom is -0.314 e. The highest BCUT2D eigenvalue weighted by Crippen LogP contribution is 2.35. The van der Waals surface area contributed by atoms with Gasteiger partial charge in [-0.05, 0) is 12.8 Å². The maximum atomic E-state index is 11.7. The van der Waals surface area contributed by atoms with Crippen LogP contribution in [0.2, 0.25) is 0 Å². The molecular weight excluding hydrogens is 158 g/mol. The van der Waals surface area contributed by atoms with Gasteiger partial charge >= 0.3 is 0 Å². The molecule has 1 saturated heterocycles. The van der Waals surface area contributed by atoms with Gasteiger partial charge in [0, 0.05) is 29.6 Å². The van der Waals surface area contributed by atoms with Crippen molar-refractivity contribution in [2.45, 2.75) is 30.4 Å². The molecule has 1 N–H and O–H groups in total. The van der Waals surface area contributed by atoms with Crippen molar-refractivity contribution in [2.24, 2.45) is 0 Å². The second-order valence-corrected chi connectivity index (χ2v) is 5.58. The second-order valence-electron chi connectivity index (χ2n) is 3.62. The molecule has 64 valence electrons. The van der Waals surface area contributed by atoms with E-state index in [0.717, 1.165) is 18.8 Å². The van der Waals surface area contributed by atoms with Crippen molar-refractivity contribution in [3.8, 4) is 0 Å². The predicted octanol–water partition coefficient (Wildman–Crippen LogP) is 0.651. The van der Waals surface area contributed by atoms with Gasteiger partial charge in [-0.2, -0.15) is 0 Å². The fourth-order valence-corrected chi connectivity index (χ4v) is 3.97. The zero-order chi connectivity index (χ0) is 7.73. The Kier molecular flexibility index (Phi) is 2.02. The van der Waals surface area contributed by atoms with Crippen LogP contribution >= 0.6 is 0 Å². The van der Waals surface area contributed by atoms with Crippen LogP contribution in [-0.4, -0.2) is 27.8 Å². The van der Waals surface area contributed by atoms with E-state index in [-0.39, 0.29) is 4.75 Å². The van der Waals surface area contributed by atoms with E-state index in [1.165, 1.54) is 25.7 Å². The molecule has 2 rings (SSSR count). The molecule has 2 fully saturated rings. The number of nitrogens with one attached hydrogen (secondary N) is 1. The summed E-state index contributed by atoms with van der Waals surface area (Å²) in [5.74, 6) is 0.875. The molecule has 0 amide bonds. The van der Waals surface area contributed by atoms with Gasteiger partial charge in [0.1, 0.15) is 0 Å². The third-order valence-electron chi connectivity index (χ3n) is 2.91. The third kappa shape index (κ3) is 1.25. The van der Waals surface area contributed by atoms with Crippen molar-refractivity contribution in [1.82, 2.24) is 5.32 Å². The standard InChI is InChI=1S/C8H15NOS/c10-11-6-5-9-7-8(11)3-1-2-4-8/h9H,1-7H2. The molecule has 1 unspecified atom stereocenters. The summed E-state index contributed by atoms with van der Waals surface area (Å²) < 4.78 is 11.9. The van der Waals surface area contributed by atoms with Gasteiger partial charge < -0.3 is 5.32 Å². The smallest absolute Gasteiger partial charge is 0.0583 e. The molecule has 0 aromatic rings. The Morgan fingerprint density at radius 1 is 1.27 bits per heavy atom. The minimum atomic E-state index is -0.537. The molecule has 11 heavy (non-hydrogen) atoms. The lowest BCUT2D eigenvalue weighted by atomic mass is 10.1. The van der Waals surface area contributed by atoms with E-state index in [4.69, 9.17) is 0 Å². The van der Waals surface area contributed by atoms with Gasteiger partial charge in [0.2, 0.25) is 0 Å². The number of hydrogen-bond acceptors (Lipinski definition) is 2. The van der Waals surface area contributed by atoms with Crippen LogP contribution in [0.5, 0.6) is 0 Å². The van der Waals surface area contributed by atoms with E-state index in [1.54, 1.807) is 0 Å². The zero-order valence-electron chi connectivity index (χ0n) is 6.77. The zero-order valence-corrected chi connectivity index (χ0v) is 7.58. The van der Waals surface area contributed by atoms with Crippen LogP contribution in [0, 0.1) is 0 Å². The predicted molar refractivity (Wildman–Crippen MR) is 47.1 cm³/mol. The average Bonchev–Trinajstić information content (AvgIpc) is 2.46. The molecule has 1 aliphatic heterocycles. The summed E-state index contributed by atoms with van der Waals surface area (Å²) in [7, 11) is -0.537. The van der Waals surface area contributed by atoms with Gasteiger partial charge in [-0.3, -0.25) is 4.21 Å². The maximum absolute atomic E-state index is 11.7. The molecule has 1 heterocycles. The Labute approximate surface area is 70.2 Å². The monoisotopic (exact) mass is 173 g/mol. The summed E-state index contributed by atoms with van der Waals surface area (Å²) in [5.41, 5.74) is 0. The van der Waals surface area contributed by atoms with Crippen LogP contribution in [0.4, 0.5) is 0 Å². The first-order valence-electron chi connectivity index (χ1n) is 4.43. The van der Waals surface area contributed by atoms with E-state index >= 15 is 0 Å². The van der Waals surface area contributed by atoms with Gasteiger partial charge in [-0.25, -0.2) is 0 Å². The normalized spacial score (nSPS) is 36.2. The van der Waals surface area contributed by atoms with Crippen molar-refractivity contribution in [3.63, 3.8) is 0 Å². The number of hydrogen-bond donors (Lipinski definition) is 1. The fraction of sp³-hybridized carbons (Fsp3) is 1.00. The van der Waals surface area contributed by atoms with Crippen molar-refractivity contribution in [3.05, 3.63) is 0 Å². The molecule has 2 nitrogen and oxygen atoms in total. The molecule has 0 radical (unpaired) electrons. The highest BCUT2D eigenvalue weighted by atomic mass is 32.2. The first kappa shape index (κ1) is 7.74. The quantitative estimate of drug-likeness (QED) is 0.583. The van der Waals surface area contributed by atoms with Gasteiger partial charge in [0.05, 0.1) is 4.75 Å². The molecule has 0 bridgehead atoms. The van der Waals surface area contributed by atoms with Crippen molar-refractivity contribution in [1.29, 1.82) is 0 Å². The molecule has 1 atom stereocenters. The Balaban J connectivity index is 2.13. The highest BCUT2D eigenvalue weighted by Gasteiger charge is 2.40. The van der Waals surface area contributed by atoms with E-state index in [0.29, 0.717) is 0 Å². The summed E-state index contributed by atoms with van der Waals surface area (Å²) in [6.07, 6.45) is 4.94. The van der Waals surface area contributed by atoms with Crippen LogP contribution < -0.4 is 5.32 Å².